The average Bonchev–Trinajstić information content (AvgIpc) is 3.71. The second-order valence-electron chi connectivity index (χ2n) is 16.3. The van der Waals surface area contributed by atoms with Crippen LogP contribution in [0.1, 0.15) is 0 Å². The third-order valence-electron chi connectivity index (χ3n) is 12.0. The molecular formula is C35H58O29. The van der Waals surface area contributed by atoms with Crippen LogP contribution in [0.25, 0.3) is 0 Å². The summed E-state index contributed by atoms with van der Waals surface area (Å²) in [6.45, 7) is -4.10. The van der Waals surface area contributed by atoms with Gasteiger partial charge in [0.2, 0.25) is 0 Å². The minimum atomic E-state index is -1.98. The highest BCUT2D eigenvalue weighted by Gasteiger charge is 2.55. The smallest absolute Gasteiger partial charge is 0.187 e. The van der Waals surface area contributed by atoms with Crippen molar-refractivity contribution in [1.29, 1.82) is 0 Å². The molecule has 7 aliphatic rings. The van der Waals surface area contributed by atoms with E-state index in [0.29, 0.717) is 0 Å². The van der Waals surface area contributed by atoms with E-state index in [9.17, 15) is 81.7 Å². The summed E-state index contributed by atoms with van der Waals surface area (Å²) in [4.78, 5) is 0. The van der Waals surface area contributed by atoms with Gasteiger partial charge in [0.25, 0.3) is 0 Å². The molecule has 372 valence electrons. The molecule has 16 N–H and O–H groups in total. The zero-order valence-electron chi connectivity index (χ0n) is 33.6. The molecule has 7 aliphatic heterocycles. The molecule has 7 heterocycles. The number of hydrogen-bond acceptors (Lipinski definition) is 29. The zero-order chi connectivity index (χ0) is 46.3. The summed E-state index contributed by atoms with van der Waals surface area (Å²) in [6.07, 6.45) is -46.7. The second kappa shape index (κ2) is 21.6. The maximum atomic E-state index is 11.7. The Labute approximate surface area is 361 Å². The van der Waals surface area contributed by atoms with Crippen LogP contribution >= 0.6 is 0 Å². The molecule has 29 heteroatoms. The third kappa shape index (κ3) is 10.5. The molecule has 29 nitrogen and oxygen atoms in total. The first-order valence-electron chi connectivity index (χ1n) is 20.5. The molecule has 28 unspecified atom stereocenters. The van der Waals surface area contributed by atoms with Gasteiger partial charge in [0.15, 0.2) is 44.0 Å². The monoisotopic (exact) mass is 942 g/mol. The van der Waals surface area contributed by atoms with Gasteiger partial charge in [-0.25, -0.2) is 0 Å². The lowest BCUT2D eigenvalue weighted by Gasteiger charge is -2.47. The average molecular weight is 943 g/mol. The topological polar surface area (TPSA) is 444 Å². The van der Waals surface area contributed by atoms with Gasteiger partial charge in [-0.3, -0.25) is 0 Å². The predicted molar refractivity (Wildman–Crippen MR) is 190 cm³/mol. The van der Waals surface area contributed by atoms with Crippen molar-refractivity contribution in [2.24, 2.45) is 0 Å². The molecule has 0 spiro atoms. The minimum Gasteiger partial charge on any atom is -0.394 e. The SMILES string of the molecule is OCC1OC(OC2C(OC3OCC(OC4OCC(O)C(O)C4O)C(OC4OC(CO)C(O)C4O)C3O)COC(OC3COC(OC4COC(O)C(O)C4O)C(O)C3O)C2O)C(O)C1O. The van der Waals surface area contributed by atoms with Gasteiger partial charge in [-0.05, 0) is 0 Å². The molecule has 0 aromatic heterocycles. The standard InChI is InChI=1S/C35H58O29/c36-1-9-16(40)23(47)34(57-9)63-27-13(61-30-21(45)15(39)8(38)3-53-30)6-56-33(26(27)50)62-14-7-55-32(25(49)28(14)64-35-24(48)17(41)10(2-37)58-35)60-12-5-54-31(22(46)19(12)43)59-11-4-52-29(51)20(44)18(11)42/h8-51H,1-7H2. The molecular weight excluding hydrogens is 884 g/mol. The summed E-state index contributed by atoms with van der Waals surface area (Å²) >= 11 is 0. The molecule has 7 fully saturated rings. The molecule has 0 radical (unpaired) electrons. The van der Waals surface area contributed by atoms with Gasteiger partial charge in [-0.1, -0.05) is 0 Å². The fourth-order valence-corrected chi connectivity index (χ4v) is 8.08. The van der Waals surface area contributed by atoms with Gasteiger partial charge < -0.3 is 143 Å². The summed E-state index contributed by atoms with van der Waals surface area (Å²) in [5.74, 6) is 0. The van der Waals surface area contributed by atoms with Crippen LogP contribution in [0, 0.1) is 0 Å². The molecule has 7 saturated heterocycles. The quantitative estimate of drug-likeness (QED) is 0.0769. The van der Waals surface area contributed by atoms with E-state index >= 15 is 0 Å². The Morgan fingerprint density at radius 3 is 1.09 bits per heavy atom. The van der Waals surface area contributed by atoms with E-state index in [4.69, 9.17) is 61.6 Å². The summed E-state index contributed by atoms with van der Waals surface area (Å²) in [5.41, 5.74) is 0. The van der Waals surface area contributed by atoms with Crippen LogP contribution in [-0.4, -0.2) is 300 Å². The van der Waals surface area contributed by atoms with Crippen LogP contribution in [0.5, 0.6) is 0 Å². The molecule has 28 atom stereocenters. The highest BCUT2D eigenvalue weighted by molar-refractivity contribution is 4.96. The lowest BCUT2D eigenvalue weighted by Crippen LogP contribution is -2.64. The molecule has 0 saturated carbocycles. The number of ether oxygens (including phenoxy) is 13. The van der Waals surface area contributed by atoms with E-state index in [2.05, 4.69) is 0 Å². The first-order valence-corrected chi connectivity index (χ1v) is 20.5. The van der Waals surface area contributed by atoms with E-state index in [-0.39, 0.29) is 0 Å². The van der Waals surface area contributed by atoms with Gasteiger partial charge in [0.05, 0.1) is 46.2 Å². The summed E-state index contributed by atoms with van der Waals surface area (Å²) in [7, 11) is 0. The molecule has 0 aliphatic carbocycles. The number of aliphatic hydroxyl groups is 16. The molecule has 0 amide bonds. The molecule has 0 bridgehead atoms. The van der Waals surface area contributed by atoms with Gasteiger partial charge >= 0.3 is 0 Å². The first kappa shape index (κ1) is 50.7. The Balaban J connectivity index is 1.05. The number of aliphatic hydroxyl groups excluding tert-OH is 16. The lowest BCUT2D eigenvalue weighted by molar-refractivity contribution is -0.378. The van der Waals surface area contributed by atoms with Crippen LogP contribution in [-0.2, 0) is 61.6 Å². The third-order valence-corrected chi connectivity index (χ3v) is 12.0. The van der Waals surface area contributed by atoms with Crippen LogP contribution in [0.3, 0.4) is 0 Å². The Bertz CT molecular complexity index is 1460. The maximum Gasteiger partial charge on any atom is 0.187 e. The summed E-state index contributed by atoms with van der Waals surface area (Å²) < 4.78 is 73.0. The predicted octanol–water partition coefficient (Wildman–Crippen LogP) is -11.8. The fourth-order valence-electron chi connectivity index (χ4n) is 8.08. The van der Waals surface area contributed by atoms with Crippen LogP contribution < -0.4 is 0 Å². The molecule has 0 aromatic rings. The van der Waals surface area contributed by atoms with Gasteiger partial charge in [0.1, 0.15) is 128 Å². The largest absolute Gasteiger partial charge is 0.394 e. The van der Waals surface area contributed by atoms with E-state index in [1.165, 1.54) is 0 Å². The van der Waals surface area contributed by atoms with Crippen molar-refractivity contribution in [3.05, 3.63) is 0 Å². The van der Waals surface area contributed by atoms with Crippen LogP contribution in [0.4, 0.5) is 0 Å². The van der Waals surface area contributed by atoms with E-state index in [0.717, 1.165) is 0 Å². The van der Waals surface area contributed by atoms with Gasteiger partial charge in [0, 0.05) is 0 Å². The highest BCUT2D eigenvalue weighted by atomic mass is 16.8. The van der Waals surface area contributed by atoms with Crippen molar-refractivity contribution in [3.8, 4) is 0 Å². The second-order valence-corrected chi connectivity index (χ2v) is 16.3. The van der Waals surface area contributed by atoms with Gasteiger partial charge in [-0.2, -0.15) is 0 Å². The maximum absolute atomic E-state index is 11.7. The normalized spacial score (nSPS) is 54.0. The summed E-state index contributed by atoms with van der Waals surface area (Å²) in [6, 6.07) is 0. The molecule has 7 rings (SSSR count). The zero-order valence-corrected chi connectivity index (χ0v) is 33.6. The van der Waals surface area contributed by atoms with Crippen molar-refractivity contribution in [3.63, 3.8) is 0 Å². The number of rotatable bonds is 14. The van der Waals surface area contributed by atoms with Gasteiger partial charge in [-0.15, -0.1) is 0 Å². The Morgan fingerprint density at radius 2 is 0.656 bits per heavy atom. The van der Waals surface area contributed by atoms with Crippen molar-refractivity contribution in [2.75, 3.05) is 46.2 Å². The van der Waals surface area contributed by atoms with Crippen molar-refractivity contribution >= 4 is 0 Å². The molecule has 0 aromatic carbocycles. The fraction of sp³-hybridized carbons (Fsp3) is 1.00. The summed E-state index contributed by atoms with van der Waals surface area (Å²) in [5, 5.41) is 167. The van der Waals surface area contributed by atoms with Crippen molar-refractivity contribution in [2.45, 2.75) is 172 Å². The highest BCUT2D eigenvalue weighted by Crippen LogP contribution is 2.35. The Morgan fingerprint density at radius 1 is 0.312 bits per heavy atom. The number of hydrogen-bond donors (Lipinski definition) is 16. The minimum absolute atomic E-state index is 0.418. The molecule has 64 heavy (non-hydrogen) atoms. The lowest BCUT2D eigenvalue weighted by atomic mass is 10.0. The Hall–Kier alpha value is -1.16. The van der Waals surface area contributed by atoms with E-state index in [1.807, 2.05) is 0 Å². The van der Waals surface area contributed by atoms with Crippen molar-refractivity contribution < 1.29 is 143 Å². The Kier molecular flexibility index (Phi) is 17.1. The van der Waals surface area contributed by atoms with Crippen LogP contribution in [0.2, 0.25) is 0 Å². The van der Waals surface area contributed by atoms with E-state index < -0.39 is 218 Å². The van der Waals surface area contributed by atoms with Crippen LogP contribution in [0.15, 0.2) is 0 Å². The van der Waals surface area contributed by atoms with E-state index in [1.54, 1.807) is 0 Å². The first-order chi connectivity index (χ1) is 30.4. The van der Waals surface area contributed by atoms with Crippen molar-refractivity contribution in [1.82, 2.24) is 0 Å².